The summed E-state index contributed by atoms with van der Waals surface area (Å²) in [6.45, 7) is 7.10. The van der Waals surface area contributed by atoms with Crippen molar-refractivity contribution in [3.63, 3.8) is 0 Å². The van der Waals surface area contributed by atoms with Gasteiger partial charge in [0.1, 0.15) is 0 Å². The van der Waals surface area contributed by atoms with Crippen LogP contribution in [-0.4, -0.2) is 28.7 Å². The Hall–Kier alpha value is -0.860. The highest BCUT2D eigenvalue weighted by atomic mass is 16.3. The largest absolute Gasteiger partial charge is 0.396 e. The number of nitrogens with zero attached hydrogens (tertiary/aromatic N) is 1. The van der Waals surface area contributed by atoms with Crippen LogP contribution in [0.25, 0.3) is 0 Å². The maximum atomic E-state index is 9.12. The first-order chi connectivity index (χ1) is 8.14. The second-order valence-electron chi connectivity index (χ2n) is 5.56. The van der Waals surface area contributed by atoms with Crippen LogP contribution in [0.15, 0.2) is 30.3 Å². The van der Waals surface area contributed by atoms with Crippen molar-refractivity contribution in [3.05, 3.63) is 35.9 Å². The molecule has 0 radical (unpaired) electrons. The molecule has 94 valence electrons. The summed E-state index contributed by atoms with van der Waals surface area (Å²) in [4.78, 5) is 2.54. The van der Waals surface area contributed by atoms with E-state index in [1.165, 1.54) is 12.0 Å². The summed E-state index contributed by atoms with van der Waals surface area (Å²) in [7, 11) is 0. The van der Waals surface area contributed by atoms with E-state index in [0.29, 0.717) is 12.5 Å². The van der Waals surface area contributed by atoms with E-state index in [0.717, 1.165) is 19.5 Å². The van der Waals surface area contributed by atoms with Gasteiger partial charge in [0.2, 0.25) is 0 Å². The smallest absolute Gasteiger partial charge is 0.0434 e. The summed E-state index contributed by atoms with van der Waals surface area (Å²) in [6.07, 6.45) is 2.14. The molecular weight excluding hydrogens is 210 g/mol. The van der Waals surface area contributed by atoms with E-state index in [1.54, 1.807) is 0 Å². The van der Waals surface area contributed by atoms with Crippen LogP contribution in [0, 0.1) is 5.92 Å². The van der Waals surface area contributed by atoms with Gasteiger partial charge in [0.25, 0.3) is 0 Å². The number of benzene rings is 1. The first-order valence-corrected chi connectivity index (χ1v) is 6.54. The molecule has 1 atom stereocenters. The first kappa shape index (κ1) is 12.6. The van der Waals surface area contributed by atoms with E-state index in [9.17, 15) is 0 Å². The van der Waals surface area contributed by atoms with E-state index in [1.807, 2.05) is 0 Å². The molecule has 0 bridgehead atoms. The van der Waals surface area contributed by atoms with E-state index in [4.69, 9.17) is 5.11 Å². The van der Waals surface area contributed by atoms with Crippen LogP contribution in [-0.2, 0) is 6.54 Å². The van der Waals surface area contributed by atoms with Crippen molar-refractivity contribution in [1.82, 2.24) is 4.90 Å². The van der Waals surface area contributed by atoms with Crippen molar-refractivity contribution in [3.8, 4) is 0 Å². The zero-order valence-electron chi connectivity index (χ0n) is 10.9. The minimum Gasteiger partial charge on any atom is -0.396 e. The van der Waals surface area contributed by atoms with Crippen LogP contribution in [0.5, 0.6) is 0 Å². The van der Waals surface area contributed by atoms with Crippen LogP contribution in [0.1, 0.15) is 32.3 Å². The average Bonchev–Trinajstić information content (AvgIpc) is 2.58. The Morgan fingerprint density at radius 1 is 1.29 bits per heavy atom. The third-order valence-corrected chi connectivity index (χ3v) is 4.26. The molecule has 1 heterocycles. The maximum absolute atomic E-state index is 9.12. The first-order valence-electron chi connectivity index (χ1n) is 6.54. The van der Waals surface area contributed by atoms with Crippen molar-refractivity contribution in [2.75, 3.05) is 13.2 Å². The van der Waals surface area contributed by atoms with Crippen molar-refractivity contribution in [2.24, 2.45) is 5.92 Å². The minimum absolute atomic E-state index is 0.207. The molecule has 1 aromatic rings. The van der Waals surface area contributed by atoms with Crippen LogP contribution in [0.3, 0.4) is 0 Å². The van der Waals surface area contributed by atoms with Gasteiger partial charge in [0.15, 0.2) is 0 Å². The monoisotopic (exact) mass is 233 g/mol. The lowest BCUT2D eigenvalue weighted by Gasteiger charge is -2.36. The Balaban J connectivity index is 2.03. The highest BCUT2D eigenvalue weighted by Crippen LogP contribution is 2.37. The van der Waals surface area contributed by atoms with Crippen LogP contribution in [0.4, 0.5) is 0 Å². The standard InChI is InChI=1S/C15H23NO/c1-15(2)14(9-11-17)8-10-16(15)12-13-6-4-3-5-7-13/h3-7,14,17H,8-12H2,1-2H3. The molecule has 0 aliphatic carbocycles. The summed E-state index contributed by atoms with van der Waals surface area (Å²) >= 11 is 0. The average molecular weight is 233 g/mol. The summed E-state index contributed by atoms with van der Waals surface area (Å²) in [5, 5.41) is 9.12. The lowest BCUT2D eigenvalue weighted by molar-refractivity contribution is 0.115. The van der Waals surface area contributed by atoms with Gasteiger partial charge in [-0.15, -0.1) is 0 Å². The zero-order valence-corrected chi connectivity index (χ0v) is 10.9. The number of aliphatic hydroxyl groups excluding tert-OH is 1. The second-order valence-corrected chi connectivity index (χ2v) is 5.56. The van der Waals surface area contributed by atoms with Gasteiger partial charge in [-0.2, -0.15) is 0 Å². The van der Waals surface area contributed by atoms with E-state index in [-0.39, 0.29) is 5.54 Å². The Kier molecular flexibility index (Phi) is 3.85. The molecule has 1 fully saturated rings. The van der Waals surface area contributed by atoms with Gasteiger partial charge < -0.3 is 5.11 Å². The fourth-order valence-corrected chi connectivity index (χ4v) is 2.95. The Labute approximate surface area is 104 Å². The minimum atomic E-state index is 0.207. The van der Waals surface area contributed by atoms with E-state index in [2.05, 4.69) is 49.1 Å². The van der Waals surface area contributed by atoms with Crippen molar-refractivity contribution >= 4 is 0 Å². The summed E-state index contributed by atoms with van der Waals surface area (Å²) in [6, 6.07) is 10.6. The molecule has 0 amide bonds. The van der Waals surface area contributed by atoms with Crippen molar-refractivity contribution < 1.29 is 5.11 Å². The number of hydrogen-bond donors (Lipinski definition) is 1. The van der Waals surface area contributed by atoms with Crippen LogP contribution < -0.4 is 0 Å². The molecular formula is C15H23NO. The molecule has 17 heavy (non-hydrogen) atoms. The van der Waals surface area contributed by atoms with E-state index >= 15 is 0 Å². The third kappa shape index (κ3) is 2.70. The molecule has 0 saturated carbocycles. The number of rotatable bonds is 4. The molecule has 0 spiro atoms. The van der Waals surface area contributed by atoms with Crippen LogP contribution in [0.2, 0.25) is 0 Å². The van der Waals surface area contributed by atoms with Gasteiger partial charge in [0.05, 0.1) is 0 Å². The Bertz CT molecular complexity index is 347. The fraction of sp³-hybridized carbons (Fsp3) is 0.600. The zero-order chi connectivity index (χ0) is 12.3. The molecule has 2 nitrogen and oxygen atoms in total. The number of likely N-dealkylation sites (tertiary alicyclic amines) is 1. The van der Waals surface area contributed by atoms with Gasteiger partial charge >= 0.3 is 0 Å². The highest BCUT2D eigenvalue weighted by molar-refractivity contribution is 5.15. The molecule has 1 unspecified atom stereocenters. The summed E-state index contributed by atoms with van der Waals surface area (Å²) < 4.78 is 0. The number of hydrogen-bond acceptors (Lipinski definition) is 2. The van der Waals surface area contributed by atoms with Crippen molar-refractivity contribution in [2.45, 2.75) is 38.8 Å². The molecule has 1 aliphatic heterocycles. The van der Waals surface area contributed by atoms with Crippen molar-refractivity contribution in [1.29, 1.82) is 0 Å². The molecule has 1 saturated heterocycles. The highest BCUT2D eigenvalue weighted by Gasteiger charge is 2.40. The molecule has 1 N–H and O–H groups in total. The van der Waals surface area contributed by atoms with Crippen LogP contribution >= 0.6 is 0 Å². The lowest BCUT2D eigenvalue weighted by atomic mass is 9.86. The third-order valence-electron chi connectivity index (χ3n) is 4.26. The molecule has 1 aliphatic rings. The number of aliphatic hydroxyl groups is 1. The maximum Gasteiger partial charge on any atom is 0.0434 e. The van der Waals surface area contributed by atoms with Gasteiger partial charge in [-0.05, 0) is 44.7 Å². The second kappa shape index (κ2) is 5.19. The summed E-state index contributed by atoms with van der Waals surface area (Å²) in [5.74, 6) is 0.621. The SMILES string of the molecule is CC1(C)C(CCO)CCN1Cc1ccccc1. The molecule has 2 rings (SSSR count). The van der Waals surface area contributed by atoms with Gasteiger partial charge in [-0.1, -0.05) is 30.3 Å². The van der Waals surface area contributed by atoms with Gasteiger partial charge in [-0.3, -0.25) is 4.90 Å². The topological polar surface area (TPSA) is 23.5 Å². The summed E-state index contributed by atoms with van der Waals surface area (Å²) in [5.41, 5.74) is 1.59. The fourth-order valence-electron chi connectivity index (χ4n) is 2.95. The normalized spacial score (nSPS) is 24.1. The predicted octanol–water partition coefficient (Wildman–Crippen LogP) is 2.67. The molecule has 2 heteroatoms. The predicted molar refractivity (Wildman–Crippen MR) is 70.7 cm³/mol. The van der Waals surface area contributed by atoms with Gasteiger partial charge in [0, 0.05) is 18.7 Å². The van der Waals surface area contributed by atoms with Gasteiger partial charge in [-0.25, -0.2) is 0 Å². The van der Waals surface area contributed by atoms with E-state index < -0.39 is 0 Å². The Morgan fingerprint density at radius 3 is 2.65 bits per heavy atom. The molecule has 0 aromatic heterocycles. The Morgan fingerprint density at radius 2 is 2.00 bits per heavy atom. The quantitative estimate of drug-likeness (QED) is 0.864. The molecule has 1 aromatic carbocycles. The lowest BCUT2D eigenvalue weighted by Crippen LogP contribution is -2.42.